The van der Waals surface area contributed by atoms with Crippen LogP contribution in [0.2, 0.25) is 0 Å². The number of aromatic hydroxyl groups is 1. The van der Waals surface area contributed by atoms with Crippen molar-refractivity contribution in [2.75, 3.05) is 5.32 Å². The molecule has 0 radical (unpaired) electrons. The van der Waals surface area contributed by atoms with Crippen LogP contribution in [0.25, 0.3) is 10.9 Å². The molecule has 0 aliphatic rings. The zero-order valence-electron chi connectivity index (χ0n) is 13.6. The maximum Gasteiger partial charge on any atom is 0.326 e. The van der Waals surface area contributed by atoms with E-state index in [1.807, 2.05) is 0 Å². The summed E-state index contributed by atoms with van der Waals surface area (Å²) in [5, 5.41) is 12.9. The molecule has 0 saturated carbocycles. The molecule has 3 rings (SSSR count). The minimum Gasteiger partial charge on any atom is -0.494 e. The van der Waals surface area contributed by atoms with Gasteiger partial charge in [0.25, 0.3) is 5.91 Å². The molecule has 0 fully saturated rings. The highest BCUT2D eigenvalue weighted by Crippen LogP contribution is 2.31. The topological polar surface area (TPSA) is 114 Å². The molecule has 3 aromatic rings. The minimum absolute atomic E-state index is 0.161. The third kappa shape index (κ3) is 2.77. The smallest absolute Gasteiger partial charge is 0.326 e. The van der Waals surface area contributed by atoms with E-state index in [0.29, 0.717) is 0 Å². The Hall–Kier alpha value is -3.68. The highest BCUT2D eigenvalue weighted by molar-refractivity contribution is 6.16. The SMILES string of the molecule is CC(=O)c1ccc(NC(=O)c2c(O)n(C(N)=O)c3ccccc23)c(F)c1. The first kappa shape index (κ1) is 17.2. The van der Waals surface area contributed by atoms with Crippen molar-refractivity contribution < 1.29 is 23.9 Å². The van der Waals surface area contributed by atoms with E-state index < -0.39 is 23.6 Å². The number of hydrogen-bond acceptors (Lipinski definition) is 4. The van der Waals surface area contributed by atoms with E-state index in [0.717, 1.165) is 10.6 Å². The Bertz CT molecular complexity index is 1070. The van der Waals surface area contributed by atoms with Crippen LogP contribution in [0.5, 0.6) is 5.88 Å². The van der Waals surface area contributed by atoms with Crippen LogP contribution in [0.15, 0.2) is 42.5 Å². The second-order valence-electron chi connectivity index (χ2n) is 5.59. The van der Waals surface area contributed by atoms with Crippen molar-refractivity contribution >= 4 is 34.3 Å². The number of primary amides is 1. The van der Waals surface area contributed by atoms with Crippen molar-refractivity contribution in [1.82, 2.24) is 4.57 Å². The molecule has 26 heavy (non-hydrogen) atoms. The number of para-hydroxylation sites is 1. The number of aromatic nitrogens is 1. The zero-order chi connectivity index (χ0) is 19.0. The molecule has 0 aliphatic heterocycles. The van der Waals surface area contributed by atoms with Gasteiger partial charge in [0, 0.05) is 10.9 Å². The number of nitrogens with zero attached hydrogens (tertiary/aromatic N) is 1. The maximum atomic E-state index is 14.1. The first-order valence-corrected chi connectivity index (χ1v) is 7.55. The van der Waals surface area contributed by atoms with Crippen LogP contribution in [0, 0.1) is 5.82 Å². The van der Waals surface area contributed by atoms with E-state index in [2.05, 4.69) is 5.32 Å². The summed E-state index contributed by atoms with van der Waals surface area (Å²) in [5.41, 5.74) is 5.28. The Morgan fingerprint density at radius 1 is 1.15 bits per heavy atom. The van der Waals surface area contributed by atoms with Crippen molar-refractivity contribution in [2.24, 2.45) is 5.73 Å². The lowest BCUT2D eigenvalue weighted by Gasteiger charge is -2.07. The fraction of sp³-hybridized carbons (Fsp3) is 0.0556. The summed E-state index contributed by atoms with van der Waals surface area (Å²) in [6.07, 6.45) is 0. The molecule has 132 valence electrons. The summed E-state index contributed by atoms with van der Waals surface area (Å²) in [6.45, 7) is 1.30. The third-order valence-corrected chi connectivity index (χ3v) is 3.92. The third-order valence-electron chi connectivity index (χ3n) is 3.92. The van der Waals surface area contributed by atoms with Gasteiger partial charge in [0.05, 0.1) is 11.2 Å². The highest BCUT2D eigenvalue weighted by atomic mass is 19.1. The van der Waals surface area contributed by atoms with Gasteiger partial charge < -0.3 is 16.2 Å². The van der Waals surface area contributed by atoms with Gasteiger partial charge in [-0.25, -0.2) is 13.8 Å². The molecular weight excluding hydrogens is 341 g/mol. The predicted octanol–water partition coefficient (Wildman–Crippen LogP) is 2.87. The second kappa shape index (κ2) is 6.32. The molecule has 0 aliphatic carbocycles. The Morgan fingerprint density at radius 3 is 2.46 bits per heavy atom. The Balaban J connectivity index is 2.05. The number of rotatable bonds is 3. The predicted molar refractivity (Wildman–Crippen MR) is 92.9 cm³/mol. The molecular formula is C18H14FN3O4. The normalized spacial score (nSPS) is 10.7. The van der Waals surface area contributed by atoms with Crippen LogP contribution in [-0.2, 0) is 0 Å². The molecule has 0 atom stereocenters. The summed E-state index contributed by atoms with van der Waals surface area (Å²) in [6, 6.07) is 8.92. The molecule has 0 bridgehead atoms. The van der Waals surface area contributed by atoms with Crippen LogP contribution < -0.4 is 11.1 Å². The number of amides is 2. The lowest BCUT2D eigenvalue weighted by atomic mass is 10.1. The Morgan fingerprint density at radius 2 is 1.85 bits per heavy atom. The number of hydrogen-bond donors (Lipinski definition) is 3. The van der Waals surface area contributed by atoms with Gasteiger partial charge in [0.15, 0.2) is 5.78 Å². The number of fused-ring (bicyclic) bond motifs is 1. The van der Waals surface area contributed by atoms with Crippen LogP contribution in [0.1, 0.15) is 27.6 Å². The molecule has 1 heterocycles. The quantitative estimate of drug-likeness (QED) is 0.627. The van der Waals surface area contributed by atoms with Gasteiger partial charge in [-0.2, -0.15) is 0 Å². The molecule has 4 N–H and O–H groups in total. The van der Waals surface area contributed by atoms with Gasteiger partial charge >= 0.3 is 6.03 Å². The van der Waals surface area contributed by atoms with Crippen LogP contribution in [0.4, 0.5) is 14.9 Å². The summed E-state index contributed by atoms with van der Waals surface area (Å²) in [7, 11) is 0. The fourth-order valence-corrected chi connectivity index (χ4v) is 2.69. The Labute approximate surface area is 146 Å². The van der Waals surface area contributed by atoms with Crippen molar-refractivity contribution in [3.05, 3.63) is 59.4 Å². The van der Waals surface area contributed by atoms with Gasteiger partial charge in [-0.15, -0.1) is 0 Å². The number of halogens is 1. The van der Waals surface area contributed by atoms with Gasteiger partial charge in [0.1, 0.15) is 11.4 Å². The minimum atomic E-state index is -0.963. The van der Waals surface area contributed by atoms with E-state index in [-0.39, 0.29) is 33.5 Å². The number of Topliss-reactive ketones (excluding diaryl/α,β-unsaturated/α-hetero) is 1. The van der Waals surface area contributed by atoms with E-state index in [9.17, 15) is 23.9 Å². The van der Waals surface area contributed by atoms with E-state index in [4.69, 9.17) is 5.73 Å². The first-order valence-electron chi connectivity index (χ1n) is 7.55. The summed E-state index contributed by atoms with van der Waals surface area (Å²) >= 11 is 0. The van der Waals surface area contributed by atoms with E-state index in [1.54, 1.807) is 12.1 Å². The summed E-state index contributed by atoms with van der Waals surface area (Å²) in [4.78, 5) is 35.4. The van der Waals surface area contributed by atoms with Crippen molar-refractivity contribution in [1.29, 1.82) is 0 Å². The van der Waals surface area contributed by atoms with Crippen LogP contribution in [0.3, 0.4) is 0 Å². The highest BCUT2D eigenvalue weighted by Gasteiger charge is 2.25. The average Bonchev–Trinajstić information content (AvgIpc) is 2.88. The van der Waals surface area contributed by atoms with Crippen molar-refractivity contribution in [3.8, 4) is 5.88 Å². The molecule has 1 aromatic heterocycles. The molecule has 0 saturated heterocycles. The molecule has 2 amide bonds. The second-order valence-corrected chi connectivity index (χ2v) is 5.59. The fourth-order valence-electron chi connectivity index (χ4n) is 2.69. The summed E-state index contributed by atoms with van der Waals surface area (Å²) < 4.78 is 14.9. The lowest BCUT2D eigenvalue weighted by Crippen LogP contribution is -2.19. The summed E-state index contributed by atoms with van der Waals surface area (Å²) in [5.74, 6) is -2.58. The van der Waals surface area contributed by atoms with Crippen LogP contribution >= 0.6 is 0 Å². The number of carbonyl (C=O) groups is 3. The molecule has 0 spiro atoms. The van der Waals surface area contributed by atoms with E-state index in [1.165, 1.54) is 31.2 Å². The van der Waals surface area contributed by atoms with Gasteiger partial charge in [-0.05, 0) is 31.2 Å². The molecule has 8 heteroatoms. The van der Waals surface area contributed by atoms with Gasteiger partial charge in [0.2, 0.25) is 5.88 Å². The first-order chi connectivity index (χ1) is 12.3. The average molecular weight is 355 g/mol. The standard InChI is InChI=1S/C18H14FN3O4/c1-9(23)10-6-7-13(12(19)8-10)21-16(24)15-11-4-2-3-5-14(11)22(17(15)25)18(20)26/h2-8,25H,1H3,(H2,20,26)(H,21,24). The number of carbonyl (C=O) groups excluding carboxylic acids is 3. The largest absolute Gasteiger partial charge is 0.494 e. The van der Waals surface area contributed by atoms with Crippen molar-refractivity contribution in [2.45, 2.75) is 6.92 Å². The zero-order valence-corrected chi connectivity index (χ0v) is 13.6. The number of nitrogens with two attached hydrogens (primary N) is 1. The lowest BCUT2D eigenvalue weighted by molar-refractivity contribution is 0.101. The Kier molecular flexibility index (Phi) is 4.17. The number of ketones is 1. The van der Waals surface area contributed by atoms with Gasteiger partial charge in [-0.1, -0.05) is 18.2 Å². The molecule has 2 aromatic carbocycles. The number of benzene rings is 2. The van der Waals surface area contributed by atoms with Crippen LogP contribution in [-0.4, -0.2) is 27.4 Å². The number of nitrogens with one attached hydrogen (secondary N) is 1. The number of anilines is 1. The maximum absolute atomic E-state index is 14.1. The van der Waals surface area contributed by atoms with Gasteiger partial charge in [-0.3, -0.25) is 9.59 Å². The van der Waals surface area contributed by atoms with Crippen molar-refractivity contribution in [3.63, 3.8) is 0 Å². The monoisotopic (exact) mass is 355 g/mol. The molecule has 0 unspecified atom stereocenters. The molecule has 7 nitrogen and oxygen atoms in total. The van der Waals surface area contributed by atoms with E-state index >= 15 is 0 Å².